The van der Waals surface area contributed by atoms with E-state index in [4.69, 9.17) is 0 Å². The third-order valence-electron chi connectivity index (χ3n) is 2.71. The first-order valence-electron chi connectivity index (χ1n) is 5.41. The van der Waals surface area contributed by atoms with Crippen molar-refractivity contribution in [1.29, 1.82) is 0 Å². The van der Waals surface area contributed by atoms with Crippen LogP contribution in [0.15, 0.2) is 0 Å². The van der Waals surface area contributed by atoms with Crippen molar-refractivity contribution in [3.8, 4) is 0 Å². The average molecular weight is 211 g/mol. The van der Waals surface area contributed by atoms with Crippen molar-refractivity contribution < 1.29 is 0 Å². The first-order chi connectivity index (χ1) is 6.84. The zero-order valence-corrected chi connectivity index (χ0v) is 9.44. The standard InChI is InChI=1S/C10H17N3S/c1-8-12-13-10(14-8)11-9-6-4-2-3-5-7-9/h9H,2-7H2,1H3,(H,11,13). The summed E-state index contributed by atoms with van der Waals surface area (Å²) >= 11 is 1.65. The third-order valence-corrected chi connectivity index (χ3v) is 3.48. The second kappa shape index (κ2) is 4.73. The van der Waals surface area contributed by atoms with Crippen molar-refractivity contribution >= 4 is 16.5 Å². The summed E-state index contributed by atoms with van der Waals surface area (Å²) in [5, 5.41) is 13.6. The van der Waals surface area contributed by atoms with E-state index in [1.807, 2.05) is 6.92 Å². The van der Waals surface area contributed by atoms with Gasteiger partial charge in [0.15, 0.2) is 0 Å². The molecule has 0 saturated heterocycles. The maximum Gasteiger partial charge on any atom is 0.205 e. The first-order valence-corrected chi connectivity index (χ1v) is 6.23. The molecule has 0 amide bonds. The van der Waals surface area contributed by atoms with Gasteiger partial charge in [0.25, 0.3) is 0 Å². The Morgan fingerprint density at radius 3 is 2.43 bits per heavy atom. The number of aryl methyl sites for hydroxylation is 1. The van der Waals surface area contributed by atoms with Crippen LogP contribution in [-0.2, 0) is 0 Å². The number of aromatic nitrogens is 2. The van der Waals surface area contributed by atoms with Crippen LogP contribution >= 0.6 is 11.3 Å². The fourth-order valence-electron chi connectivity index (χ4n) is 1.95. The van der Waals surface area contributed by atoms with Crippen LogP contribution in [0, 0.1) is 6.92 Å². The van der Waals surface area contributed by atoms with Crippen molar-refractivity contribution in [2.75, 3.05) is 5.32 Å². The minimum Gasteiger partial charge on any atom is -0.357 e. The molecule has 1 aromatic rings. The summed E-state index contributed by atoms with van der Waals surface area (Å²) in [6.07, 6.45) is 8.09. The summed E-state index contributed by atoms with van der Waals surface area (Å²) < 4.78 is 0. The van der Waals surface area contributed by atoms with Crippen molar-refractivity contribution in [2.24, 2.45) is 0 Å². The summed E-state index contributed by atoms with van der Waals surface area (Å²) in [6.45, 7) is 2.00. The fraction of sp³-hybridized carbons (Fsp3) is 0.800. The molecule has 14 heavy (non-hydrogen) atoms. The number of hydrogen-bond acceptors (Lipinski definition) is 4. The van der Waals surface area contributed by atoms with Crippen LogP contribution in [0.4, 0.5) is 5.13 Å². The van der Waals surface area contributed by atoms with E-state index in [-0.39, 0.29) is 0 Å². The Morgan fingerprint density at radius 2 is 1.86 bits per heavy atom. The molecule has 3 nitrogen and oxygen atoms in total. The quantitative estimate of drug-likeness (QED) is 0.764. The van der Waals surface area contributed by atoms with E-state index in [0.29, 0.717) is 6.04 Å². The SMILES string of the molecule is Cc1nnc(NC2CCCCCC2)s1. The van der Waals surface area contributed by atoms with Gasteiger partial charge in [-0.2, -0.15) is 0 Å². The summed E-state index contributed by atoms with van der Waals surface area (Å²) in [5.74, 6) is 0. The van der Waals surface area contributed by atoms with Crippen LogP contribution in [-0.4, -0.2) is 16.2 Å². The van der Waals surface area contributed by atoms with Gasteiger partial charge in [0.1, 0.15) is 5.01 Å². The van der Waals surface area contributed by atoms with E-state index in [0.717, 1.165) is 10.1 Å². The number of anilines is 1. The highest BCUT2D eigenvalue weighted by Crippen LogP contribution is 2.22. The first kappa shape index (κ1) is 9.90. The van der Waals surface area contributed by atoms with Gasteiger partial charge in [-0.05, 0) is 19.8 Å². The molecule has 0 unspecified atom stereocenters. The molecular formula is C10H17N3S. The van der Waals surface area contributed by atoms with E-state index < -0.39 is 0 Å². The van der Waals surface area contributed by atoms with Crippen molar-refractivity contribution in [2.45, 2.75) is 51.5 Å². The predicted octanol–water partition coefficient (Wildman–Crippen LogP) is 2.98. The van der Waals surface area contributed by atoms with Gasteiger partial charge in [-0.1, -0.05) is 37.0 Å². The number of nitrogens with one attached hydrogen (secondary N) is 1. The van der Waals surface area contributed by atoms with Gasteiger partial charge < -0.3 is 5.32 Å². The molecule has 1 N–H and O–H groups in total. The number of nitrogens with zero attached hydrogens (tertiary/aromatic N) is 2. The highest BCUT2D eigenvalue weighted by atomic mass is 32.1. The number of rotatable bonds is 2. The van der Waals surface area contributed by atoms with Crippen LogP contribution in [0.5, 0.6) is 0 Å². The molecule has 1 aromatic heterocycles. The lowest BCUT2D eigenvalue weighted by atomic mass is 10.1. The molecule has 2 rings (SSSR count). The van der Waals surface area contributed by atoms with Crippen LogP contribution < -0.4 is 5.32 Å². The van der Waals surface area contributed by atoms with Gasteiger partial charge in [-0.25, -0.2) is 0 Å². The van der Waals surface area contributed by atoms with Gasteiger partial charge in [-0.3, -0.25) is 0 Å². The van der Waals surface area contributed by atoms with Crippen LogP contribution in [0.1, 0.15) is 43.5 Å². The average Bonchev–Trinajstić information content (AvgIpc) is 2.43. The largest absolute Gasteiger partial charge is 0.357 e. The van der Waals surface area contributed by atoms with Gasteiger partial charge in [0.05, 0.1) is 0 Å². The Morgan fingerprint density at radius 1 is 1.14 bits per heavy atom. The highest BCUT2D eigenvalue weighted by Gasteiger charge is 2.13. The Bertz CT molecular complexity index is 277. The van der Waals surface area contributed by atoms with Gasteiger partial charge in [0, 0.05) is 6.04 Å². The molecule has 0 spiro atoms. The molecule has 1 aliphatic carbocycles. The molecule has 1 fully saturated rings. The number of hydrogen-bond donors (Lipinski definition) is 1. The zero-order chi connectivity index (χ0) is 9.80. The Hall–Kier alpha value is -0.640. The Balaban J connectivity index is 1.89. The Labute approximate surface area is 88.9 Å². The van der Waals surface area contributed by atoms with Gasteiger partial charge >= 0.3 is 0 Å². The summed E-state index contributed by atoms with van der Waals surface area (Å²) in [6, 6.07) is 0.629. The Kier molecular flexibility index (Phi) is 3.35. The second-order valence-corrected chi connectivity index (χ2v) is 5.14. The molecular weight excluding hydrogens is 194 g/mol. The van der Waals surface area contributed by atoms with E-state index in [1.54, 1.807) is 11.3 Å². The molecule has 4 heteroatoms. The lowest BCUT2D eigenvalue weighted by Crippen LogP contribution is -2.17. The molecule has 1 aliphatic rings. The summed E-state index contributed by atoms with van der Waals surface area (Å²) in [7, 11) is 0. The normalized spacial score (nSPS) is 19.2. The van der Waals surface area contributed by atoms with Crippen molar-refractivity contribution in [3.05, 3.63) is 5.01 Å². The lowest BCUT2D eigenvalue weighted by molar-refractivity contribution is 0.618. The van der Waals surface area contributed by atoms with Crippen molar-refractivity contribution in [3.63, 3.8) is 0 Å². The minimum absolute atomic E-state index is 0.629. The van der Waals surface area contributed by atoms with E-state index >= 15 is 0 Å². The van der Waals surface area contributed by atoms with E-state index in [2.05, 4.69) is 15.5 Å². The minimum atomic E-state index is 0.629. The predicted molar refractivity (Wildman–Crippen MR) is 59.8 cm³/mol. The topological polar surface area (TPSA) is 37.8 Å². The van der Waals surface area contributed by atoms with Crippen LogP contribution in [0.25, 0.3) is 0 Å². The molecule has 0 atom stereocenters. The van der Waals surface area contributed by atoms with Crippen molar-refractivity contribution in [1.82, 2.24) is 10.2 Å². The molecule has 1 heterocycles. The summed E-state index contributed by atoms with van der Waals surface area (Å²) in [4.78, 5) is 0. The lowest BCUT2D eigenvalue weighted by Gasteiger charge is -2.14. The monoisotopic (exact) mass is 211 g/mol. The smallest absolute Gasteiger partial charge is 0.205 e. The van der Waals surface area contributed by atoms with E-state index in [9.17, 15) is 0 Å². The third kappa shape index (κ3) is 2.67. The molecule has 78 valence electrons. The van der Waals surface area contributed by atoms with E-state index in [1.165, 1.54) is 38.5 Å². The second-order valence-electron chi connectivity index (χ2n) is 3.96. The fourth-order valence-corrected chi connectivity index (χ4v) is 2.62. The maximum absolute atomic E-state index is 4.10. The highest BCUT2D eigenvalue weighted by molar-refractivity contribution is 7.15. The zero-order valence-electron chi connectivity index (χ0n) is 8.62. The molecule has 0 aromatic carbocycles. The molecule has 0 aliphatic heterocycles. The molecule has 1 saturated carbocycles. The molecule has 0 radical (unpaired) electrons. The summed E-state index contributed by atoms with van der Waals surface area (Å²) in [5.41, 5.74) is 0. The van der Waals surface area contributed by atoms with Crippen LogP contribution in [0.2, 0.25) is 0 Å². The maximum atomic E-state index is 4.10. The molecule has 0 bridgehead atoms. The van der Waals surface area contributed by atoms with Gasteiger partial charge in [-0.15, -0.1) is 10.2 Å². The van der Waals surface area contributed by atoms with Crippen LogP contribution in [0.3, 0.4) is 0 Å². The van der Waals surface area contributed by atoms with Gasteiger partial charge in [0.2, 0.25) is 5.13 Å².